The summed E-state index contributed by atoms with van der Waals surface area (Å²) in [5.74, 6) is -0.584. The number of nitrogens with one attached hydrogen (secondary N) is 1. The first kappa shape index (κ1) is 14.0. The lowest BCUT2D eigenvalue weighted by molar-refractivity contribution is 0.591. The molecule has 0 radical (unpaired) electrons. The van der Waals surface area contributed by atoms with Gasteiger partial charge in [-0.25, -0.2) is 8.78 Å². The lowest BCUT2D eigenvalue weighted by Crippen LogP contribution is -2.12. The quantitative estimate of drug-likeness (QED) is 0.879. The third-order valence-electron chi connectivity index (χ3n) is 2.63. The fourth-order valence-electron chi connectivity index (χ4n) is 1.72. The van der Waals surface area contributed by atoms with E-state index in [4.69, 9.17) is 0 Å². The molecule has 0 spiro atoms. The molecule has 1 nitrogen and oxygen atoms in total. The highest BCUT2D eigenvalue weighted by molar-refractivity contribution is 7.99. The van der Waals surface area contributed by atoms with E-state index in [2.05, 4.69) is 5.32 Å². The Morgan fingerprint density at radius 2 is 1.89 bits per heavy atom. The molecule has 0 saturated heterocycles. The third-order valence-corrected chi connectivity index (χ3v) is 3.78. The van der Waals surface area contributed by atoms with Gasteiger partial charge in [0, 0.05) is 11.4 Å². The molecule has 2 aromatic rings. The van der Waals surface area contributed by atoms with Crippen molar-refractivity contribution >= 4 is 11.8 Å². The van der Waals surface area contributed by atoms with E-state index in [1.54, 1.807) is 18.2 Å². The Bertz CT molecular complexity index is 558. The molecule has 0 unspecified atom stereocenters. The van der Waals surface area contributed by atoms with Crippen LogP contribution in [0.2, 0.25) is 0 Å². The number of halogens is 2. The Hall–Kier alpha value is -1.39. The van der Waals surface area contributed by atoms with Crippen molar-refractivity contribution in [2.24, 2.45) is 0 Å². The summed E-state index contributed by atoms with van der Waals surface area (Å²) in [4.78, 5) is 1.25. The van der Waals surface area contributed by atoms with Gasteiger partial charge in [-0.2, -0.15) is 0 Å². The van der Waals surface area contributed by atoms with Crippen molar-refractivity contribution in [2.45, 2.75) is 23.3 Å². The van der Waals surface area contributed by atoms with Crippen LogP contribution in [-0.4, -0.2) is 6.54 Å². The first-order valence-corrected chi connectivity index (χ1v) is 6.94. The van der Waals surface area contributed by atoms with Gasteiger partial charge in [-0.15, -0.1) is 0 Å². The molecule has 0 saturated carbocycles. The smallest absolute Gasteiger partial charge is 0.137 e. The Balaban J connectivity index is 2.27. The minimum Gasteiger partial charge on any atom is -0.313 e. The van der Waals surface area contributed by atoms with Gasteiger partial charge in [0.05, 0.1) is 4.90 Å². The largest absolute Gasteiger partial charge is 0.313 e. The zero-order valence-electron chi connectivity index (χ0n) is 10.6. The fraction of sp³-hybridized carbons (Fsp3) is 0.200. The molecule has 0 bridgehead atoms. The normalized spacial score (nSPS) is 10.7. The highest BCUT2D eigenvalue weighted by atomic mass is 32.2. The second kappa shape index (κ2) is 6.68. The maximum Gasteiger partial charge on any atom is 0.137 e. The molecular weight excluding hydrogens is 264 g/mol. The Kier molecular flexibility index (Phi) is 4.93. The van der Waals surface area contributed by atoms with Crippen LogP contribution in [0.3, 0.4) is 0 Å². The summed E-state index contributed by atoms with van der Waals surface area (Å²) in [7, 11) is 0. The van der Waals surface area contributed by atoms with Crippen molar-refractivity contribution in [1.29, 1.82) is 0 Å². The zero-order chi connectivity index (χ0) is 13.7. The SMILES string of the molecule is CCNCc1cccc(F)c1Sc1cccc(F)c1. The lowest BCUT2D eigenvalue weighted by atomic mass is 10.2. The molecule has 2 rings (SSSR count). The maximum atomic E-state index is 13.9. The van der Waals surface area contributed by atoms with Gasteiger partial charge in [0.2, 0.25) is 0 Å². The third kappa shape index (κ3) is 3.78. The Morgan fingerprint density at radius 1 is 1.11 bits per heavy atom. The van der Waals surface area contributed by atoms with E-state index in [1.165, 1.54) is 30.0 Å². The molecule has 1 N–H and O–H groups in total. The molecule has 0 atom stereocenters. The highest BCUT2D eigenvalue weighted by Gasteiger charge is 2.10. The Morgan fingerprint density at radius 3 is 2.63 bits per heavy atom. The lowest BCUT2D eigenvalue weighted by Gasteiger charge is -2.10. The van der Waals surface area contributed by atoms with E-state index >= 15 is 0 Å². The van der Waals surface area contributed by atoms with Gasteiger partial charge >= 0.3 is 0 Å². The van der Waals surface area contributed by atoms with Crippen molar-refractivity contribution in [1.82, 2.24) is 5.32 Å². The van der Waals surface area contributed by atoms with Crippen LogP contribution in [0.25, 0.3) is 0 Å². The molecule has 2 aromatic carbocycles. The summed E-state index contributed by atoms with van der Waals surface area (Å²) in [5.41, 5.74) is 0.885. The van der Waals surface area contributed by atoms with Gasteiger partial charge in [0.15, 0.2) is 0 Å². The summed E-state index contributed by atoms with van der Waals surface area (Å²) in [6.45, 7) is 3.42. The van der Waals surface area contributed by atoms with Gasteiger partial charge in [-0.05, 0) is 36.4 Å². The number of benzene rings is 2. The monoisotopic (exact) mass is 279 g/mol. The topological polar surface area (TPSA) is 12.0 Å². The predicted molar refractivity (Wildman–Crippen MR) is 74.3 cm³/mol. The van der Waals surface area contributed by atoms with Gasteiger partial charge < -0.3 is 5.32 Å². The molecular formula is C15H15F2NS. The van der Waals surface area contributed by atoms with E-state index in [-0.39, 0.29) is 11.6 Å². The molecule has 0 fully saturated rings. The van der Waals surface area contributed by atoms with Crippen LogP contribution >= 0.6 is 11.8 Å². The molecule has 0 heterocycles. The Labute approximate surface area is 116 Å². The van der Waals surface area contributed by atoms with Crippen molar-refractivity contribution in [3.8, 4) is 0 Å². The number of hydrogen-bond donors (Lipinski definition) is 1. The minimum atomic E-state index is -0.311. The first-order valence-electron chi connectivity index (χ1n) is 6.12. The second-order valence-electron chi connectivity index (χ2n) is 4.07. The standard InChI is InChI=1S/C15H15F2NS/c1-2-18-10-11-5-3-8-14(17)15(11)19-13-7-4-6-12(16)9-13/h3-9,18H,2,10H2,1H3. The van der Waals surface area contributed by atoms with Crippen LogP contribution in [-0.2, 0) is 6.54 Å². The first-order chi connectivity index (χ1) is 9.20. The van der Waals surface area contributed by atoms with Gasteiger partial charge in [-0.1, -0.05) is 36.9 Å². The molecule has 0 aromatic heterocycles. The van der Waals surface area contributed by atoms with Gasteiger partial charge in [0.25, 0.3) is 0 Å². The summed E-state index contributed by atoms with van der Waals surface area (Å²) in [6.07, 6.45) is 0. The second-order valence-corrected chi connectivity index (χ2v) is 5.15. The van der Waals surface area contributed by atoms with E-state index in [0.717, 1.165) is 12.1 Å². The van der Waals surface area contributed by atoms with E-state index in [1.807, 2.05) is 13.0 Å². The maximum absolute atomic E-state index is 13.9. The molecule has 100 valence electrons. The van der Waals surface area contributed by atoms with Crippen LogP contribution in [0.4, 0.5) is 8.78 Å². The summed E-state index contributed by atoms with van der Waals surface area (Å²) in [6, 6.07) is 11.2. The number of rotatable bonds is 5. The van der Waals surface area contributed by atoms with E-state index in [0.29, 0.717) is 16.3 Å². The van der Waals surface area contributed by atoms with Crippen molar-refractivity contribution in [2.75, 3.05) is 6.54 Å². The molecule has 19 heavy (non-hydrogen) atoms. The van der Waals surface area contributed by atoms with Crippen molar-refractivity contribution in [3.05, 3.63) is 59.7 Å². The summed E-state index contributed by atoms with van der Waals surface area (Å²) < 4.78 is 27.1. The highest BCUT2D eigenvalue weighted by Crippen LogP contribution is 2.32. The van der Waals surface area contributed by atoms with Crippen molar-refractivity contribution < 1.29 is 8.78 Å². The molecule has 4 heteroatoms. The van der Waals surface area contributed by atoms with Gasteiger partial charge in [-0.3, -0.25) is 0 Å². The van der Waals surface area contributed by atoms with Crippen LogP contribution in [0.15, 0.2) is 52.3 Å². The molecule has 0 aliphatic heterocycles. The summed E-state index contributed by atoms with van der Waals surface area (Å²) >= 11 is 1.25. The van der Waals surface area contributed by atoms with Gasteiger partial charge in [0.1, 0.15) is 11.6 Å². The average Bonchev–Trinajstić information content (AvgIpc) is 2.39. The van der Waals surface area contributed by atoms with Crippen LogP contribution in [0, 0.1) is 11.6 Å². The zero-order valence-corrected chi connectivity index (χ0v) is 11.4. The number of hydrogen-bond acceptors (Lipinski definition) is 2. The van der Waals surface area contributed by atoms with Crippen LogP contribution < -0.4 is 5.32 Å². The predicted octanol–water partition coefficient (Wildman–Crippen LogP) is 4.23. The fourth-order valence-corrected chi connectivity index (χ4v) is 2.71. The molecule has 0 aliphatic rings. The molecule has 0 amide bonds. The van der Waals surface area contributed by atoms with Crippen LogP contribution in [0.5, 0.6) is 0 Å². The minimum absolute atomic E-state index is 0.273. The molecule has 0 aliphatic carbocycles. The van der Waals surface area contributed by atoms with Crippen LogP contribution in [0.1, 0.15) is 12.5 Å². The summed E-state index contributed by atoms with van der Waals surface area (Å²) in [5, 5.41) is 3.18. The van der Waals surface area contributed by atoms with E-state index < -0.39 is 0 Å². The van der Waals surface area contributed by atoms with Crippen molar-refractivity contribution in [3.63, 3.8) is 0 Å². The average molecular weight is 279 g/mol. The van der Waals surface area contributed by atoms with E-state index in [9.17, 15) is 8.78 Å².